The highest BCUT2D eigenvalue weighted by Gasteiger charge is 2.01. The molecule has 0 heterocycles. The monoisotopic (exact) mass is 194 g/mol. The molecule has 0 spiro atoms. The third-order valence-corrected chi connectivity index (χ3v) is 2.18. The lowest BCUT2D eigenvalue weighted by Crippen LogP contribution is -2.15. The fraction of sp³-hybridized carbons (Fsp3) is 0.455. The second-order valence-electron chi connectivity index (χ2n) is 3.59. The van der Waals surface area contributed by atoms with Gasteiger partial charge in [-0.3, -0.25) is 0 Å². The summed E-state index contributed by atoms with van der Waals surface area (Å²) in [5, 5.41) is 0. The van der Waals surface area contributed by atoms with E-state index in [0.29, 0.717) is 5.69 Å². The van der Waals surface area contributed by atoms with E-state index in [2.05, 4.69) is 0 Å². The lowest BCUT2D eigenvalue weighted by Gasteiger charge is -2.08. The van der Waals surface area contributed by atoms with Gasteiger partial charge < -0.3 is 16.2 Å². The van der Waals surface area contributed by atoms with Crippen molar-refractivity contribution < 1.29 is 4.74 Å². The maximum Gasteiger partial charge on any atom is 0.141 e. The number of benzene rings is 1. The van der Waals surface area contributed by atoms with Crippen molar-refractivity contribution in [3.8, 4) is 5.75 Å². The van der Waals surface area contributed by atoms with Crippen molar-refractivity contribution in [2.75, 3.05) is 12.8 Å². The summed E-state index contributed by atoms with van der Waals surface area (Å²) in [4.78, 5) is 0. The lowest BCUT2D eigenvalue weighted by molar-refractivity contribution is 0.417. The van der Waals surface area contributed by atoms with Crippen LogP contribution in [0.25, 0.3) is 0 Å². The largest absolute Gasteiger partial charge is 0.495 e. The summed E-state index contributed by atoms with van der Waals surface area (Å²) in [5.41, 5.74) is 13.4. The molecule has 1 rings (SSSR count). The van der Waals surface area contributed by atoms with Crippen molar-refractivity contribution >= 4 is 5.69 Å². The topological polar surface area (TPSA) is 61.3 Å². The van der Waals surface area contributed by atoms with Crippen LogP contribution in [-0.2, 0) is 6.42 Å². The maximum atomic E-state index is 5.78. The van der Waals surface area contributed by atoms with Gasteiger partial charge in [-0.25, -0.2) is 0 Å². The van der Waals surface area contributed by atoms with Crippen molar-refractivity contribution in [1.82, 2.24) is 0 Å². The summed E-state index contributed by atoms with van der Waals surface area (Å²) in [6.45, 7) is 2.01. The third kappa shape index (κ3) is 2.92. The Balaban J connectivity index is 2.66. The Morgan fingerprint density at radius 2 is 2.14 bits per heavy atom. The van der Waals surface area contributed by atoms with Gasteiger partial charge >= 0.3 is 0 Å². The van der Waals surface area contributed by atoms with E-state index in [0.717, 1.165) is 18.6 Å². The summed E-state index contributed by atoms with van der Waals surface area (Å²) in [5.74, 6) is 0.731. The summed E-state index contributed by atoms with van der Waals surface area (Å²) in [7, 11) is 1.62. The Labute approximate surface area is 85.0 Å². The van der Waals surface area contributed by atoms with Gasteiger partial charge in [-0.05, 0) is 37.5 Å². The Kier molecular flexibility index (Phi) is 3.77. The zero-order valence-electron chi connectivity index (χ0n) is 8.79. The van der Waals surface area contributed by atoms with Gasteiger partial charge in [-0.2, -0.15) is 0 Å². The van der Waals surface area contributed by atoms with E-state index in [4.69, 9.17) is 16.2 Å². The molecule has 0 aromatic heterocycles. The zero-order chi connectivity index (χ0) is 10.6. The summed E-state index contributed by atoms with van der Waals surface area (Å²) in [6, 6.07) is 6.10. The van der Waals surface area contributed by atoms with E-state index < -0.39 is 0 Å². The Morgan fingerprint density at radius 1 is 1.43 bits per heavy atom. The van der Waals surface area contributed by atoms with Gasteiger partial charge in [0.1, 0.15) is 5.75 Å². The third-order valence-electron chi connectivity index (χ3n) is 2.18. The van der Waals surface area contributed by atoms with Crippen LogP contribution < -0.4 is 16.2 Å². The molecule has 14 heavy (non-hydrogen) atoms. The molecular formula is C11H18N2O. The van der Waals surface area contributed by atoms with E-state index >= 15 is 0 Å². The zero-order valence-corrected chi connectivity index (χ0v) is 8.79. The van der Waals surface area contributed by atoms with Crippen molar-refractivity contribution in [3.05, 3.63) is 23.8 Å². The number of rotatable bonds is 4. The van der Waals surface area contributed by atoms with E-state index in [1.54, 1.807) is 7.11 Å². The van der Waals surface area contributed by atoms with Crippen LogP contribution in [0.1, 0.15) is 18.9 Å². The maximum absolute atomic E-state index is 5.78. The van der Waals surface area contributed by atoms with Crippen LogP contribution in [-0.4, -0.2) is 13.2 Å². The van der Waals surface area contributed by atoms with Gasteiger partial charge in [0.2, 0.25) is 0 Å². The molecule has 1 unspecified atom stereocenters. The quantitative estimate of drug-likeness (QED) is 0.715. The molecule has 3 nitrogen and oxygen atoms in total. The van der Waals surface area contributed by atoms with Crippen molar-refractivity contribution in [3.63, 3.8) is 0 Å². The minimum Gasteiger partial charge on any atom is -0.495 e. The standard InChI is InChI=1S/C11H18N2O/c1-8(12)3-4-9-5-6-11(14-2)10(13)7-9/h5-8H,3-4,12-13H2,1-2H3. The van der Waals surface area contributed by atoms with Crippen LogP contribution >= 0.6 is 0 Å². The molecule has 0 aliphatic rings. The molecule has 0 aliphatic heterocycles. The molecule has 4 N–H and O–H groups in total. The molecule has 1 aromatic rings. The number of methoxy groups -OCH3 is 1. The fourth-order valence-electron chi connectivity index (χ4n) is 1.33. The van der Waals surface area contributed by atoms with Crippen LogP contribution in [0.3, 0.4) is 0 Å². The second kappa shape index (κ2) is 4.86. The van der Waals surface area contributed by atoms with E-state index in [9.17, 15) is 0 Å². The number of aryl methyl sites for hydroxylation is 1. The number of hydrogen-bond donors (Lipinski definition) is 2. The van der Waals surface area contributed by atoms with Crippen molar-refractivity contribution in [2.24, 2.45) is 5.73 Å². The van der Waals surface area contributed by atoms with Crippen LogP contribution in [0.4, 0.5) is 5.69 Å². The highest BCUT2D eigenvalue weighted by molar-refractivity contribution is 5.54. The molecule has 0 saturated carbocycles. The number of hydrogen-bond acceptors (Lipinski definition) is 3. The average molecular weight is 194 g/mol. The molecule has 78 valence electrons. The van der Waals surface area contributed by atoms with Gasteiger partial charge in [0.05, 0.1) is 12.8 Å². The first-order valence-corrected chi connectivity index (χ1v) is 4.81. The van der Waals surface area contributed by atoms with Crippen molar-refractivity contribution in [2.45, 2.75) is 25.8 Å². The van der Waals surface area contributed by atoms with Gasteiger partial charge in [0.15, 0.2) is 0 Å². The van der Waals surface area contributed by atoms with Gasteiger partial charge in [-0.15, -0.1) is 0 Å². The Hall–Kier alpha value is -1.22. The first kappa shape index (κ1) is 10.9. The minimum atomic E-state index is 0.235. The van der Waals surface area contributed by atoms with Crippen molar-refractivity contribution in [1.29, 1.82) is 0 Å². The molecule has 1 atom stereocenters. The van der Waals surface area contributed by atoms with Gasteiger partial charge in [0, 0.05) is 6.04 Å². The number of anilines is 1. The first-order chi connectivity index (χ1) is 6.63. The lowest BCUT2D eigenvalue weighted by atomic mass is 10.1. The summed E-state index contributed by atoms with van der Waals surface area (Å²) >= 11 is 0. The van der Waals surface area contributed by atoms with Gasteiger partial charge in [0.25, 0.3) is 0 Å². The molecule has 0 bridgehead atoms. The van der Waals surface area contributed by atoms with E-state index in [-0.39, 0.29) is 6.04 Å². The van der Waals surface area contributed by atoms with E-state index in [1.807, 2.05) is 25.1 Å². The molecular weight excluding hydrogens is 176 g/mol. The summed E-state index contributed by atoms with van der Waals surface area (Å²) < 4.78 is 5.08. The molecule has 3 heteroatoms. The van der Waals surface area contributed by atoms with E-state index in [1.165, 1.54) is 5.56 Å². The smallest absolute Gasteiger partial charge is 0.141 e. The Morgan fingerprint density at radius 3 is 2.64 bits per heavy atom. The van der Waals surface area contributed by atoms with Crippen LogP contribution in [0.5, 0.6) is 5.75 Å². The number of nitrogens with two attached hydrogens (primary N) is 2. The highest BCUT2D eigenvalue weighted by atomic mass is 16.5. The first-order valence-electron chi connectivity index (χ1n) is 4.81. The van der Waals surface area contributed by atoms with Crippen LogP contribution in [0.2, 0.25) is 0 Å². The summed E-state index contributed by atoms with van der Waals surface area (Å²) in [6.07, 6.45) is 1.94. The predicted molar refractivity (Wildman–Crippen MR) is 59.4 cm³/mol. The Bertz CT molecular complexity index is 297. The molecule has 0 fully saturated rings. The van der Waals surface area contributed by atoms with Crippen LogP contribution in [0.15, 0.2) is 18.2 Å². The molecule has 0 saturated heterocycles. The normalized spacial score (nSPS) is 12.5. The molecule has 0 aliphatic carbocycles. The molecule has 0 radical (unpaired) electrons. The van der Waals surface area contributed by atoms with Crippen LogP contribution in [0, 0.1) is 0 Å². The predicted octanol–water partition coefficient (Wildman–Crippen LogP) is 1.56. The highest BCUT2D eigenvalue weighted by Crippen LogP contribution is 2.22. The number of ether oxygens (including phenoxy) is 1. The molecule has 0 amide bonds. The van der Waals surface area contributed by atoms with Gasteiger partial charge in [-0.1, -0.05) is 6.07 Å². The number of nitrogen functional groups attached to an aromatic ring is 1. The second-order valence-corrected chi connectivity index (χ2v) is 3.59. The SMILES string of the molecule is COc1ccc(CCC(C)N)cc1N. The minimum absolute atomic E-state index is 0.235. The fourth-order valence-corrected chi connectivity index (χ4v) is 1.33. The average Bonchev–Trinajstić information content (AvgIpc) is 2.15. The molecule has 1 aromatic carbocycles.